The van der Waals surface area contributed by atoms with Gasteiger partial charge >= 0.3 is 5.97 Å². The summed E-state index contributed by atoms with van der Waals surface area (Å²) < 4.78 is 8.85. The fourth-order valence-electron chi connectivity index (χ4n) is 4.13. The van der Waals surface area contributed by atoms with E-state index in [9.17, 15) is 9.59 Å². The summed E-state index contributed by atoms with van der Waals surface area (Å²) in [7, 11) is 0. The van der Waals surface area contributed by atoms with E-state index in [1.165, 1.54) is 11.6 Å². The van der Waals surface area contributed by atoms with Crippen molar-refractivity contribution in [3.05, 3.63) is 100 Å². The van der Waals surface area contributed by atoms with Gasteiger partial charge in [-0.1, -0.05) is 48.0 Å². The lowest BCUT2D eigenvalue weighted by Crippen LogP contribution is -2.20. The maximum absolute atomic E-state index is 12.5. The van der Waals surface area contributed by atoms with E-state index in [0.29, 0.717) is 17.9 Å². The summed E-state index contributed by atoms with van der Waals surface area (Å²) in [5.41, 5.74) is 7.94. The molecule has 0 aliphatic heterocycles. The first-order valence-corrected chi connectivity index (χ1v) is 12.1. The fraction of sp³-hybridized carbons (Fsp3) is 0.241. The van der Waals surface area contributed by atoms with E-state index >= 15 is 0 Å². The predicted octanol–water partition coefficient (Wildman–Crippen LogP) is 4.85. The Morgan fingerprint density at radius 1 is 0.892 bits per heavy atom. The van der Waals surface area contributed by atoms with Crippen LogP contribution in [0.4, 0.5) is 5.69 Å². The fourth-order valence-corrected chi connectivity index (χ4v) is 4.13. The van der Waals surface area contributed by atoms with E-state index in [2.05, 4.69) is 46.7 Å². The van der Waals surface area contributed by atoms with Crippen molar-refractivity contribution in [2.75, 3.05) is 11.9 Å². The number of anilines is 1. The first-order chi connectivity index (χ1) is 17.7. The van der Waals surface area contributed by atoms with Gasteiger partial charge in [-0.25, -0.2) is 9.48 Å². The molecular formula is C29H31N5O3. The molecular weight excluding hydrogens is 466 g/mol. The molecule has 0 aliphatic rings. The van der Waals surface area contributed by atoms with Gasteiger partial charge in [-0.3, -0.25) is 9.48 Å². The number of esters is 1. The highest BCUT2D eigenvalue weighted by molar-refractivity contribution is 5.95. The van der Waals surface area contributed by atoms with Gasteiger partial charge in [-0.05, 0) is 58.4 Å². The molecule has 4 aromatic rings. The van der Waals surface area contributed by atoms with Crippen LogP contribution in [-0.2, 0) is 20.9 Å². The van der Waals surface area contributed by atoms with Crippen LogP contribution in [0.1, 0.15) is 39.5 Å². The van der Waals surface area contributed by atoms with E-state index < -0.39 is 18.5 Å². The van der Waals surface area contributed by atoms with Crippen LogP contribution < -0.4 is 5.32 Å². The minimum Gasteiger partial charge on any atom is -0.452 e. The smallest absolute Gasteiger partial charge is 0.331 e. The molecule has 2 aromatic heterocycles. The Morgan fingerprint density at radius 3 is 2.30 bits per heavy atom. The zero-order valence-electron chi connectivity index (χ0n) is 21.8. The van der Waals surface area contributed by atoms with Gasteiger partial charge < -0.3 is 10.1 Å². The quantitative estimate of drug-likeness (QED) is 0.277. The van der Waals surface area contributed by atoms with Gasteiger partial charge in [0.15, 0.2) is 6.61 Å². The van der Waals surface area contributed by atoms with Gasteiger partial charge in [0.2, 0.25) is 0 Å². The molecule has 8 nitrogen and oxygen atoms in total. The van der Waals surface area contributed by atoms with Gasteiger partial charge in [0, 0.05) is 17.3 Å². The molecule has 1 amide bonds. The van der Waals surface area contributed by atoms with Crippen molar-refractivity contribution >= 4 is 23.6 Å². The molecule has 0 aliphatic carbocycles. The van der Waals surface area contributed by atoms with Crippen molar-refractivity contribution < 1.29 is 14.3 Å². The summed E-state index contributed by atoms with van der Waals surface area (Å²) in [6.07, 6.45) is 3.01. The second kappa shape index (κ2) is 11.1. The second-order valence-corrected chi connectivity index (χ2v) is 9.01. The molecule has 8 heteroatoms. The molecule has 0 unspecified atom stereocenters. The Hall–Kier alpha value is -4.46. The monoisotopic (exact) mass is 497 g/mol. The number of para-hydroxylation sites is 1. The molecule has 0 saturated carbocycles. The topological polar surface area (TPSA) is 91.0 Å². The lowest BCUT2D eigenvalue weighted by atomic mass is 10.1. The number of carbonyl (C=O) groups is 2. The van der Waals surface area contributed by atoms with Crippen LogP contribution in [0, 0.1) is 34.6 Å². The average Bonchev–Trinajstić information content (AvgIpc) is 3.32. The van der Waals surface area contributed by atoms with Crippen molar-refractivity contribution in [1.29, 1.82) is 0 Å². The first kappa shape index (κ1) is 25.6. The number of aryl methyl sites for hydroxylation is 3. The first-order valence-electron chi connectivity index (χ1n) is 12.1. The average molecular weight is 498 g/mol. The summed E-state index contributed by atoms with van der Waals surface area (Å²) in [6.45, 7) is 9.86. The molecule has 0 saturated heterocycles. The summed E-state index contributed by atoms with van der Waals surface area (Å²) in [6, 6.07) is 18.0. The van der Waals surface area contributed by atoms with Crippen molar-refractivity contribution in [3.63, 3.8) is 0 Å². The van der Waals surface area contributed by atoms with Crippen LogP contribution in [0.15, 0.2) is 60.7 Å². The third-order valence-corrected chi connectivity index (χ3v) is 6.18. The van der Waals surface area contributed by atoms with Crippen LogP contribution in [0.5, 0.6) is 0 Å². The SMILES string of the molecule is Cc1ccc(Cn2nc(C)c(/C=C/C(=O)OCC(=O)Nc3c(C)nn(-c4ccccc4)c3C)c2C)cc1. The molecule has 2 aromatic carbocycles. The summed E-state index contributed by atoms with van der Waals surface area (Å²) in [5, 5.41) is 11.9. The van der Waals surface area contributed by atoms with E-state index in [0.717, 1.165) is 33.9 Å². The molecule has 0 radical (unpaired) electrons. The second-order valence-electron chi connectivity index (χ2n) is 9.01. The molecule has 190 valence electrons. The number of aromatic nitrogens is 4. The number of nitrogens with one attached hydrogen (secondary N) is 1. The van der Waals surface area contributed by atoms with E-state index in [4.69, 9.17) is 4.74 Å². The molecule has 0 spiro atoms. The van der Waals surface area contributed by atoms with Gasteiger partial charge in [-0.2, -0.15) is 10.2 Å². The highest BCUT2D eigenvalue weighted by atomic mass is 16.5. The Bertz CT molecular complexity index is 1450. The maximum Gasteiger partial charge on any atom is 0.331 e. The Labute approximate surface area is 216 Å². The molecule has 0 bridgehead atoms. The van der Waals surface area contributed by atoms with E-state index in [1.807, 2.05) is 62.7 Å². The molecule has 0 fully saturated rings. The maximum atomic E-state index is 12.5. The number of amides is 1. The lowest BCUT2D eigenvalue weighted by Gasteiger charge is -2.07. The van der Waals surface area contributed by atoms with Crippen molar-refractivity contribution in [3.8, 4) is 5.69 Å². The lowest BCUT2D eigenvalue weighted by molar-refractivity contribution is -0.142. The van der Waals surface area contributed by atoms with Crippen LogP contribution in [0.2, 0.25) is 0 Å². The normalized spacial score (nSPS) is 11.2. The Kier molecular flexibility index (Phi) is 7.67. The van der Waals surface area contributed by atoms with E-state index in [-0.39, 0.29) is 0 Å². The van der Waals surface area contributed by atoms with Gasteiger partial charge in [0.05, 0.1) is 35.0 Å². The molecule has 0 atom stereocenters. The Balaban J connectivity index is 1.35. The highest BCUT2D eigenvalue weighted by Gasteiger charge is 2.16. The number of rotatable bonds is 8. The molecule has 2 heterocycles. The zero-order chi connectivity index (χ0) is 26.5. The van der Waals surface area contributed by atoms with Crippen molar-refractivity contribution in [1.82, 2.24) is 19.6 Å². The van der Waals surface area contributed by atoms with Crippen LogP contribution >= 0.6 is 0 Å². The third kappa shape index (κ3) is 6.03. The summed E-state index contributed by atoms with van der Waals surface area (Å²) >= 11 is 0. The number of carbonyl (C=O) groups excluding carboxylic acids is 2. The van der Waals surface area contributed by atoms with Gasteiger partial charge in [0.1, 0.15) is 0 Å². The third-order valence-electron chi connectivity index (χ3n) is 6.18. The minimum absolute atomic E-state index is 0.400. The minimum atomic E-state index is -0.603. The van der Waals surface area contributed by atoms with Gasteiger partial charge in [-0.15, -0.1) is 0 Å². The zero-order valence-corrected chi connectivity index (χ0v) is 21.8. The number of benzene rings is 2. The predicted molar refractivity (Wildman–Crippen MR) is 144 cm³/mol. The number of ether oxygens (including phenoxy) is 1. The largest absolute Gasteiger partial charge is 0.452 e. The van der Waals surface area contributed by atoms with Crippen molar-refractivity contribution in [2.24, 2.45) is 0 Å². The number of nitrogens with zero attached hydrogens (tertiary/aromatic N) is 4. The van der Waals surface area contributed by atoms with E-state index in [1.54, 1.807) is 10.8 Å². The molecule has 37 heavy (non-hydrogen) atoms. The summed E-state index contributed by atoms with van der Waals surface area (Å²) in [5.74, 6) is -1.03. The van der Waals surface area contributed by atoms with Gasteiger partial charge in [0.25, 0.3) is 5.91 Å². The highest BCUT2D eigenvalue weighted by Crippen LogP contribution is 2.22. The van der Waals surface area contributed by atoms with Crippen LogP contribution in [-0.4, -0.2) is 38.0 Å². The molecule has 1 N–H and O–H groups in total. The number of hydrogen-bond acceptors (Lipinski definition) is 5. The number of hydrogen-bond donors (Lipinski definition) is 1. The standard InChI is InChI=1S/C29H31N5O3/c1-19-11-13-24(14-12-19)17-33-22(4)26(20(2)31-33)15-16-28(36)37-18-27(35)30-29-21(3)32-34(23(29)5)25-9-7-6-8-10-25/h6-16H,17-18H2,1-5H3,(H,30,35)/b16-15+. The van der Waals surface area contributed by atoms with Crippen LogP contribution in [0.3, 0.4) is 0 Å². The summed E-state index contributed by atoms with van der Waals surface area (Å²) in [4.78, 5) is 24.8. The Morgan fingerprint density at radius 2 is 1.59 bits per heavy atom. The van der Waals surface area contributed by atoms with Crippen molar-refractivity contribution in [2.45, 2.75) is 41.2 Å². The van der Waals surface area contributed by atoms with Crippen LogP contribution in [0.25, 0.3) is 11.8 Å². The molecule has 4 rings (SSSR count).